The van der Waals surface area contributed by atoms with Gasteiger partial charge in [-0.05, 0) is 11.8 Å². The third-order valence-corrected chi connectivity index (χ3v) is 1.82. The maximum Gasteiger partial charge on any atom is 0.0887 e. The Morgan fingerprint density at radius 2 is 1.40 bits per heavy atom. The van der Waals surface area contributed by atoms with Gasteiger partial charge in [0.05, 0.1) is 5.76 Å². The Bertz CT molecular complexity index is 106. The van der Waals surface area contributed by atoms with Gasteiger partial charge in [0.1, 0.15) is 0 Å². The molecule has 0 saturated carbocycles. The van der Waals surface area contributed by atoms with Crippen molar-refractivity contribution in [2.45, 2.75) is 27.7 Å². The molecule has 0 unspecified atom stereocenters. The summed E-state index contributed by atoms with van der Waals surface area (Å²) in [7, 11) is 0. The van der Waals surface area contributed by atoms with Crippen molar-refractivity contribution in [3.8, 4) is 0 Å². The first-order valence-electron chi connectivity index (χ1n) is 3.84. The first kappa shape index (κ1) is 9.54. The Kier molecular flexibility index (Phi) is 3.48. The van der Waals surface area contributed by atoms with E-state index >= 15 is 0 Å². The van der Waals surface area contributed by atoms with Gasteiger partial charge in [-0.3, -0.25) is 0 Å². The van der Waals surface area contributed by atoms with E-state index in [9.17, 15) is 0 Å². The number of hydrogen-bond acceptors (Lipinski definition) is 1. The second-order valence-corrected chi connectivity index (χ2v) is 3.51. The third kappa shape index (κ3) is 2.42. The van der Waals surface area contributed by atoms with Crippen LogP contribution in [0.2, 0.25) is 0 Å². The standard InChI is InChI=1S/C9H18O/c1-6(2)9(7(3)4)8(5)10/h6-7,9-10H,5H2,1-4H3. The predicted octanol–water partition coefficient (Wildman–Crippen LogP) is 2.99. The van der Waals surface area contributed by atoms with Crippen LogP contribution in [0.15, 0.2) is 12.3 Å². The Labute approximate surface area is 63.8 Å². The van der Waals surface area contributed by atoms with E-state index in [1.165, 1.54) is 0 Å². The number of aliphatic hydroxyl groups is 1. The summed E-state index contributed by atoms with van der Waals surface area (Å²) in [5.41, 5.74) is 0. The minimum atomic E-state index is 0.250. The predicted molar refractivity (Wildman–Crippen MR) is 44.9 cm³/mol. The van der Waals surface area contributed by atoms with Gasteiger partial charge < -0.3 is 5.11 Å². The van der Waals surface area contributed by atoms with Gasteiger partial charge in [-0.25, -0.2) is 0 Å². The zero-order valence-corrected chi connectivity index (χ0v) is 7.39. The topological polar surface area (TPSA) is 20.2 Å². The fourth-order valence-corrected chi connectivity index (χ4v) is 1.54. The summed E-state index contributed by atoms with van der Waals surface area (Å²) in [4.78, 5) is 0. The fraction of sp³-hybridized carbons (Fsp3) is 0.778. The fourth-order valence-electron chi connectivity index (χ4n) is 1.54. The summed E-state index contributed by atoms with van der Waals surface area (Å²) in [5.74, 6) is 1.54. The van der Waals surface area contributed by atoms with Gasteiger partial charge in [0.2, 0.25) is 0 Å². The van der Waals surface area contributed by atoms with Gasteiger partial charge in [-0.1, -0.05) is 34.3 Å². The molecule has 0 aliphatic carbocycles. The molecule has 0 atom stereocenters. The van der Waals surface area contributed by atoms with E-state index in [0.717, 1.165) is 0 Å². The van der Waals surface area contributed by atoms with Gasteiger partial charge in [0, 0.05) is 5.92 Å². The van der Waals surface area contributed by atoms with E-state index in [4.69, 9.17) is 5.11 Å². The molecule has 1 N–H and O–H groups in total. The summed E-state index contributed by atoms with van der Waals surface area (Å²) in [6, 6.07) is 0. The van der Waals surface area contributed by atoms with Crippen LogP contribution in [0.1, 0.15) is 27.7 Å². The minimum Gasteiger partial charge on any atom is -0.513 e. The van der Waals surface area contributed by atoms with Crippen LogP contribution in [-0.4, -0.2) is 5.11 Å². The van der Waals surface area contributed by atoms with Crippen LogP contribution < -0.4 is 0 Å². The number of hydrogen-bond donors (Lipinski definition) is 1. The number of allylic oxidation sites excluding steroid dienone is 1. The van der Waals surface area contributed by atoms with Crippen molar-refractivity contribution in [1.82, 2.24) is 0 Å². The van der Waals surface area contributed by atoms with E-state index in [0.29, 0.717) is 17.6 Å². The maximum atomic E-state index is 9.16. The van der Waals surface area contributed by atoms with Crippen LogP contribution in [0, 0.1) is 17.8 Å². The molecule has 0 radical (unpaired) electrons. The largest absolute Gasteiger partial charge is 0.513 e. The van der Waals surface area contributed by atoms with Crippen molar-refractivity contribution in [1.29, 1.82) is 0 Å². The average molecular weight is 142 g/mol. The number of rotatable bonds is 3. The molecule has 1 nitrogen and oxygen atoms in total. The van der Waals surface area contributed by atoms with Crippen molar-refractivity contribution in [2.24, 2.45) is 17.8 Å². The van der Waals surface area contributed by atoms with Crippen LogP contribution in [-0.2, 0) is 0 Å². The highest BCUT2D eigenvalue weighted by atomic mass is 16.3. The second kappa shape index (κ2) is 3.65. The molecule has 0 amide bonds. The zero-order chi connectivity index (χ0) is 8.31. The average Bonchev–Trinajstić information content (AvgIpc) is 1.59. The Balaban J connectivity index is 4.12. The van der Waals surface area contributed by atoms with Crippen molar-refractivity contribution in [2.75, 3.05) is 0 Å². The molecule has 0 saturated heterocycles. The molecule has 0 aromatic carbocycles. The molecule has 0 aromatic rings. The molecule has 0 heterocycles. The van der Waals surface area contributed by atoms with Gasteiger partial charge in [0.15, 0.2) is 0 Å². The maximum absolute atomic E-state index is 9.16. The second-order valence-electron chi connectivity index (χ2n) is 3.51. The molecule has 0 aliphatic rings. The molecule has 0 aliphatic heterocycles. The van der Waals surface area contributed by atoms with Crippen LogP contribution in [0.25, 0.3) is 0 Å². The molecule has 1 heteroatoms. The van der Waals surface area contributed by atoms with E-state index < -0.39 is 0 Å². The Morgan fingerprint density at radius 3 is 1.40 bits per heavy atom. The smallest absolute Gasteiger partial charge is 0.0887 e. The summed E-state index contributed by atoms with van der Waals surface area (Å²) >= 11 is 0. The molecular weight excluding hydrogens is 124 g/mol. The first-order valence-corrected chi connectivity index (χ1v) is 3.84. The summed E-state index contributed by atoms with van der Waals surface area (Å²) in [6.45, 7) is 12.0. The van der Waals surface area contributed by atoms with Crippen molar-refractivity contribution >= 4 is 0 Å². The lowest BCUT2D eigenvalue weighted by Gasteiger charge is -2.23. The van der Waals surface area contributed by atoms with E-state index in [1.54, 1.807) is 0 Å². The molecule has 0 rings (SSSR count). The lowest BCUT2D eigenvalue weighted by atomic mass is 9.84. The Morgan fingerprint density at radius 1 is 1.10 bits per heavy atom. The monoisotopic (exact) mass is 142 g/mol. The van der Waals surface area contributed by atoms with Crippen molar-refractivity contribution < 1.29 is 5.11 Å². The minimum absolute atomic E-state index is 0.250. The molecule has 0 fully saturated rings. The quantitative estimate of drug-likeness (QED) is 0.600. The van der Waals surface area contributed by atoms with Gasteiger partial charge in [0.25, 0.3) is 0 Å². The lowest BCUT2D eigenvalue weighted by Crippen LogP contribution is -2.17. The van der Waals surface area contributed by atoms with E-state index in [1.807, 2.05) is 0 Å². The highest BCUT2D eigenvalue weighted by Crippen LogP contribution is 2.25. The van der Waals surface area contributed by atoms with Crippen LogP contribution in [0.5, 0.6) is 0 Å². The molecule has 10 heavy (non-hydrogen) atoms. The summed E-state index contributed by atoms with van der Waals surface area (Å²) in [6.07, 6.45) is 0. The molecule has 60 valence electrons. The van der Waals surface area contributed by atoms with Gasteiger partial charge in [-0.15, -0.1) is 0 Å². The van der Waals surface area contributed by atoms with Crippen LogP contribution in [0.4, 0.5) is 0 Å². The SMILES string of the molecule is C=C(O)C(C(C)C)C(C)C. The first-order chi connectivity index (χ1) is 4.46. The van der Waals surface area contributed by atoms with Crippen molar-refractivity contribution in [3.05, 3.63) is 12.3 Å². The molecule has 0 aromatic heterocycles. The third-order valence-electron chi connectivity index (χ3n) is 1.82. The molecule has 0 bridgehead atoms. The normalized spacial score (nSPS) is 11.5. The highest BCUT2D eigenvalue weighted by Gasteiger charge is 2.19. The van der Waals surface area contributed by atoms with Gasteiger partial charge in [-0.2, -0.15) is 0 Å². The van der Waals surface area contributed by atoms with E-state index in [-0.39, 0.29) is 5.92 Å². The van der Waals surface area contributed by atoms with Crippen LogP contribution in [0.3, 0.4) is 0 Å². The summed E-state index contributed by atoms with van der Waals surface area (Å²) in [5, 5.41) is 9.16. The summed E-state index contributed by atoms with van der Waals surface area (Å²) < 4.78 is 0. The Hall–Kier alpha value is -0.460. The van der Waals surface area contributed by atoms with Gasteiger partial charge >= 0.3 is 0 Å². The van der Waals surface area contributed by atoms with Crippen molar-refractivity contribution in [3.63, 3.8) is 0 Å². The highest BCUT2D eigenvalue weighted by molar-refractivity contribution is 4.91. The molecule has 0 spiro atoms. The zero-order valence-electron chi connectivity index (χ0n) is 7.39. The molecular formula is C9H18O. The lowest BCUT2D eigenvalue weighted by molar-refractivity contribution is 0.231. The number of aliphatic hydroxyl groups excluding tert-OH is 1. The van der Waals surface area contributed by atoms with Crippen LogP contribution >= 0.6 is 0 Å². The van der Waals surface area contributed by atoms with E-state index in [2.05, 4.69) is 34.3 Å².